The Balaban J connectivity index is 2.03. The van der Waals surface area contributed by atoms with Crippen LogP contribution < -0.4 is 4.90 Å². The molecule has 0 saturated carbocycles. The molecule has 1 aliphatic rings. The Hall–Kier alpha value is -2.08. The van der Waals surface area contributed by atoms with Crippen LogP contribution in [0.5, 0.6) is 0 Å². The van der Waals surface area contributed by atoms with E-state index in [1.54, 1.807) is 6.07 Å². The molecule has 114 valence electrons. The predicted molar refractivity (Wildman–Crippen MR) is 85.7 cm³/mol. The highest BCUT2D eigenvalue weighted by Crippen LogP contribution is 2.33. The molecule has 2 aromatic rings. The predicted octanol–water partition coefficient (Wildman–Crippen LogP) is 3.66. The molecule has 0 N–H and O–H groups in total. The number of hydrogen-bond acceptors (Lipinski definition) is 6. The number of hydrogen-bond donors (Lipinski definition) is 0. The molecule has 0 aromatic carbocycles. The Morgan fingerprint density at radius 2 is 2.14 bits per heavy atom. The quantitative estimate of drug-likeness (QED) is 0.624. The lowest BCUT2D eigenvalue weighted by atomic mass is 9.96. The summed E-state index contributed by atoms with van der Waals surface area (Å²) < 4.78 is 0. The van der Waals surface area contributed by atoms with Crippen molar-refractivity contribution in [2.24, 2.45) is 5.18 Å². The first-order valence-corrected chi connectivity index (χ1v) is 7.45. The van der Waals surface area contributed by atoms with Crippen LogP contribution in [0.2, 0.25) is 5.15 Å². The van der Waals surface area contributed by atoms with Crippen molar-refractivity contribution < 1.29 is 0 Å². The molecule has 0 radical (unpaired) electrons. The van der Waals surface area contributed by atoms with Crippen molar-refractivity contribution in [3.63, 3.8) is 0 Å². The average molecular weight is 318 g/mol. The Bertz CT molecular complexity index is 749. The van der Waals surface area contributed by atoms with Gasteiger partial charge < -0.3 is 4.90 Å². The highest BCUT2D eigenvalue weighted by molar-refractivity contribution is 6.30. The molecule has 0 fully saturated rings. The summed E-state index contributed by atoms with van der Waals surface area (Å²) in [6, 6.07) is 1.79. The summed E-state index contributed by atoms with van der Waals surface area (Å²) in [5.74, 6) is 1.71. The maximum Gasteiger partial charge on any atom is 0.137 e. The van der Waals surface area contributed by atoms with Crippen molar-refractivity contribution in [1.29, 1.82) is 0 Å². The molecule has 2 aromatic heterocycles. The highest BCUT2D eigenvalue weighted by Gasteiger charge is 2.26. The smallest absolute Gasteiger partial charge is 0.137 e. The van der Waals surface area contributed by atoms with Crippen molar-refractivity contribution in [3.05, 3.63) is 45.0 Å². The SMILES string of the molecule is Cc1nc(Cl)c(C)c(N2Cc3cc(N=O)cnc3C(C)C2)n1. The molecule has 1 unspecified atom stereocenters. The molecule has 0 amide bonds. The van der Waals surface area contributed by atoms with Crippen molar-refractivity contribution in [2.45, 2.75) is 33.2 Å². The Morgan fingerprint density at radius 3 is 2.86 bits per heavy atom. The lowest BCUT2D eigenvalue weighted by Crippen LogP contribution is -2.34. The monoisotopic (exact) mass is 317 g/mol. The standard InChI is InChI=1S/C15H16ClN5O/c1-8-6-21(15-9(2)14(16)18-10(3)19-15)7-11-4-12(20-22)5-17-13(8)11/h4-5,8H,6-7H2,1-3H3. The lowest BCUT2D eigenvalue weighted by Gasteiger charge is -2.34. The van der Waals surface area contributed by atoms with Gasteiger partial charge in [0.25, 0.3) is 0 Å². The van der Waals surface area contributed by atoms with Gasteiger partial charge >= 0.3 is 0 Å². The van der Waals surface area contributed by atoms with Crippen LogP contribution in [0.25, 0.3) is 0 Å². The van der Waals surface area contributed by atoms with E-state index in [0.29, 0.717) is 23.2 Å². The van der Waals surface area contributed by atoms with Gasteiger partial charge in [-0.1, -0.05) is 18.5 Å². The maximum absolute atomic E-state index is 10.7. The molecule has 0 aliphatic carbocycles. The molecule has 1 aliphatic heterocycles. The number of nitrogens with zero attached hydrogens (tertiary/aromatic N) is 5. The van der Waals surface area contributed by atoms with Crippen molar-refractivity contribution in [3.8, 4) is 0 Å². The second-order valence-electron chi connectivity index (χ2n) is 5.62. The molecule has 6 nitrogen and oxygen atoms in total. The van der Waals surface area contributed by atoms with Crippen molar-refractivity contribution in [2.75, 3.05) is 11.4 Å². The fourth-order valence-corrected chi connectivity index (χ4v) is 3.07. The van der Waals surface area contributed by atoms with Crippen LogP contribution in [0.15, 0.2) is 17.4 Å². The van der Waals surface area contributed by atoms with Gasteiger partial charge in [0.2, 0.25) is 0 Å². The van der Waals surface area contributed by atoms with Gasteiger partial charge in [0, 0.05) is 24.6 Å². The number of pyridine rings is 1. The van der Waals surface area contributed by atoms with Crippen LogP contribution in [0.1, 0.15) is 35.5 Å². The number of aryl methyl sites for hydroxylation is 1. The van der Waals surface area contributed by atoms with E-state index in [0.717, 1.165) is 29.2 Å². The number of aromatic nitrogens is 3. The molecule has 22 heavy (non-hydrogen) atoms. The summed E-state index contributed by atoms with van der Waals surface area (Å²) in [6.07, 6.45) is 1.52. The molecule has 0 saturated heterocycles. The molecule has 3 rings (SSSR count). The summed E-state index contributed by atoms with van der Waals surface area (Å²) in [6.45, 7) is 7.27. The van der Waals surface area contributed by atoms with E-state index >= 15 is 0 Å². The van der Waals surface area contributed by atoms with Crippen molar-refractivity contribution in [1.82, 2.24) is 15.0 Å². The van der Waals surface area contributed by atoms with Gasteiger partial charge in [0.05, 0.1) is 11.9 Å². The summed E-state index contributed by atoms with van der Waals surface area (Å²) in [7, 11) is 0. The van der Waals surface area contributed by atoms with E-state index in [2.05, 4.69) is 32.0 Å². The number of rotatable bonds is 2. The first kappa shape index (κ1) is 14.8. The lowest BCUT2D eigenvalue weighted by molar-refractivity contribution is 0.612. The van der Waals surface area contributed by atoms with Crippen LogP contribution in [0, 0.1) is 18.8 Å². The summed E-state index contributed by atoms with van der Waals surface area (Å²) in [5, 5.41) is 3.44. The second-order valence-corrected chi connectivity index (χ2v) is 5.98. The molecule has 3 heterocycles. The first-order chi connectivity index (χ1) is 10.5. The maximum atomic E-state index is 10.7. The van der Waals surface area contributed by atoms with Crippen molar-refractivity contribution >= 4 is 23.1 Å². The zero-order valence-corrected chi connectivity index (χ0v) is 13.4. The normalized spacial score (nSPS) is 17.3. The summed E-state index contributed by atoms with van der Waals surface area (Å²) in [5.41, 5.74) is 3.22. The largest absolute Gasteiger partial charge is 0.351 e. The van der Waals surface area contributed by atoms with E-state index in [4.69, 9.17) is 11.6 Å². The minimum absolute atomic E-state index is 0.234. The molecule has 7 heteroatoms. The minimum Gasteiger partial charge on any atom is -0.351 e. The zero-order chi connectivity index (χ0) is 15.9. The van der Waals surface area contributed by atoms with Gasteiger partial charge in [0.1, 0.15) is 22.5 Å². The number of halogens is 1. The van der Waals surface area contributed by atoms with E-state index < -0.39 is 0 Å². The van der Waals surface area contributed by atoms with Gasteiger partial charge in [-0.05, 0) is 30.7 Å². The Kier molecular flexibility index (Phi) is 3.78. The van der Waals surface area contributed by atoms with Crippen LogP contribution in [-0.4, -0.2) is 21.5 Å². The minimum atomic E-state index is 0.234. The van der Waals surface area contributed by atoms with E-state index in [1.807, 2.05) is 13.8 Å². The van der Waals surface area contributed by atoms with E-state index in [1.165, 1.54) is 6.20 Å². The first-order valence-electron chi connectivity index (χ1n) is 7.07. The van der Waals surface area contributed by atoms with E-state index in [-0.39, 0.29) is 5.92 Å². The summed E-state index contributed by atoms with van der Waals surface area (Å²) in [4.78, 5) is 26.0. The molecular formula is C15H16ClN5O. The van der Waals surface area contributed by atoms with Gasteiger partial charge in [-0.25, -0.2) is 9.97 Å². The van der Waals surface area contributed by atoms with Crippen LogP contribution in [-0.2, 0) is 6.54 Å². The average Bonchev–Trinajstić information content (AvgIpc) is 2.50. The van der Waals surface area contributed by atoms with Crippen LogP contribution in [0.4, 0.5) is 11.5 Å². The van der Waals surface area contributed by atoms with Crippen LogP contribution >= 0.6 is 11.6 Å². The third-order valence-corrected chi connectivity index (χ3v) is 4.25. The molecule has 0 bridgehead atoms. The van der Waals surface area contributed by atoms with E-state index in [9.17, 15) is 4.91 Å². The highest BCUT2D eigenvalue weighted by atomic mass is 35.5. The fourth-order valence-electron chi connectivity index (χ4n) is 2.87. The molecular weight excluding hydrogens is 302 g/mol. The summed E-state index contributed by atoms with van der Waals surface area (Å²) >= 11 is 6.18. The third-order valence-electron chi connectivity index (χ3n) is 3.89. The molecule has 1 atom stereocenters. The van der Waals surface area contributed by atoms with Gasteiger partial charge in [-0.15, -0.1) is 4.91 Å². The zero-order valence-electron chi connectivity index (χ0n) is 12.7. The number of fused-ring (bicyclic) bond motifs is 1. The number of anilines is 1. The second kappa shape index (κ2) is 5.61. The Morgan fingerprint density at radius 1 is 1.36 bits per heavy atom. The topological polar surface area (TPSA) is 71.3 Å². The Labute approximate surface area is 133 Å². The fraction of sp³-hybridized carbons (Fsp3) is 0.400. The molecule has 0 spiro atoms. The third kappa shape index (κ3) is 2.54. The van der Waals surface area contributed by atoms with Crippen LogP contribution in [0.3, 0.4) is 0 Å². The van der Waals surface area contributed by atoms with Gasteiger partial charge in [-0.2, -0.15) is 0 Å². The van der Waals surface area contributed by atoms with Gasteiger partial charge in [-0.3, -0.25) is 4.98 Å². The number of nitroso groups, excluding NO2 is 1. The van der Waals surface area contributed by atoms with Gasteiger partial charge in [0.15, 0.2) is 0 Å².